The van der Waals surface area contributed by atoms with E-state index in [-0.39, 0.29) is 41.5 Å². The summed E-state index contributed by atoms with van der Waals surface area (Å²) in [5.41, 5.74) is 11.9. The minimum atomic E-state index is 0.0823. The van der Waals surface area contributed by atoms with Crippen molar-refractivity contribution < 1.29 is 0 Å². The second-order valence-electron chi connectivity index (χ2n) is 3.46. The number of hydrogen-bond donors (Lipinski definition) is 2. The molecule has 2 rings (SSSR count). The third-order valence-corrected chi connectivity index (χ3v) is 5.07. The van der Waals surface area contributed by atoms with Gasteiger partial charge in [0.1, 0.15) is 0 Å². The van der Waals surface area contributed by atoms with Crippen molar-refractivity contribution in [3.05, 3.63) is 30.1 Å². The fourth-order valence-corrected chi connectivity index (χ4v) is 3.19. The minimum absolute atomic E-state index is 0.0823. The Hall–Kier alpha value is 0.0400. The Kier molecular flexibility index (Phi) is 3.90. The highest BCUT2D eigenvalue weighted by Crippen LogP contribution is 2.51. The van der Waals surface area contributed by atoms with E-state index < -0.39 is 0 Å². The Morgan fingerprint density at radius 3 is 1.39 bits per heavy atom. The van der Waals surface area contributed by atoms with Crippen molar-refractivity contribution in [2.45, 2.75) is 0 Å². The van der Waals surface area contributed by atoms with Gasteiger partial charge < -0.3 is 11.5 Å². The van der Waals surface area contributed by atoms with Crippen LogP contribution in [0.3, 0.4) is 0 Å². The molecule has 0 aliphatic rings. The molecule has 18 heavy (non-hydrogen) atoms. The molecule has 0 atom stereocenters. The number of rotatable bonds is 0. The van der Waals surface area contributed by atoms with Crippen molar-refractivity contribution in [3.63, 3.8) is 0 Å². The number of anilines is 2. The molecule has 4 N–H and O–H groups in total. The zero-order chi connectivity index (χ0) is 13.8. The summed E-state index contributed by atoms with van der Waals surface area (Å²) in [6, 6.07) is 0. The molecule has 0 fully saturated rings. The lowest BCUT2D eigenvalue weighted by Gasteiger charge is -2.15. The van der Waals surface area contributed by atoms with Crippen molar-refractivity contribution in [1.82, 2.24) is 0 Å². The second-order valence-corrected chi connectivity index (χ2v) is 5.73. The average Bonchev–Trinajstić information content (AvgIpc) is 2.35. The SMILES string of the molecule is Nc1c(Cl)c(N)c2c(Cl)c(Cl)c(Cl)c(Cl)c2c1Cl. The molecule has 0 radical (unpaired) electrons. The van der Waals surface area contributed by atoms with Crippen LogP contribution in [0, 0.1) is 0 Å². The lowest BCUT2D eigenvalue weighted by molar-refractivity contribution is 1.70. The molecule has 0 spiro atoms. The third kappa shape index (κ3) is 1.87. The summed E-state index contributed by atoms with van der Waals surface area (Å²) in [4.78, 5) is 0. The molecular formula is C10H4Cl6N2. The number of fused-ring (bicyclic) bond motifs is 1. The highest BCUT2D eigenvalue weighted by atomic mass is 35.5. The molecule has 0 aliphatic carbocycles. The molecule has 0 heterocycles. The van der Waals surface area contributed by atoms with Crippen LogP contribution in [0.5, 0.6) is 0 Å². The Bertz CT molecular complexity index is 569. The molecule has 2 aromatic rings. The summed E-state index contributed by atoms with van der Waals surface area (Å²) < 4.78 is 0. The summed E-state index contributed by atoms with van der Waals surface area (Å²) in [6.45, 7) is 0. The summed E-state index contributed by atoms with van der Waals surface area (Å²) in [5.74, 6) is 0. The Balaban J connectivity index is 3.22. The maximum atomic E-state index is 6.10. The van der Waals surface area contributed by atoms with E-state index in [1.54, 1.807) is 0 Å². The zero-order valence-corrected chi connectivity index (χ0v) is 13.0. The Morgan fingerprint density at radius 2 is 0.889 bits per heavy atom. The van der Waals surface area contributed by atoms with E-state index in [2.05, 4.69) is 0 Å². The van der Waals surface area contributed by atoms with Crippen molar-refractivity contribution in [1.29, 1.82) is 0 Å². The standard InChI is InChI=1S/C10H4Cl6N2/c11-3-1-2(4(12)7(15)6(3)14)9(17)8(16)10(18)5(1)13/h17-18H2. The van der Waals surface area contributed by atoms with Gasteiger partial charge in [0.05, 0.1) is 41.5 Å². The number of halogens is 6. The predicted octanol–water partition coefficient (Wildman–Crippen LogP) is 5.92. The number of nitrogen functional groups attached to an aromatic ring is 2. The fraction of sp³-hybridized carbons (Fsp3) is 0. The molecule has 0 bridgehead atoms. The van der Waals surface area contributed by atoms with Crippen LogP contribution in [0.4, 0.5) is 11.4 Å². The number of benzene rings is 2. The lowest BCUT2D eigenvalue weighted by Crippen LogP contribution is -1.98. The van der Waals surface area contributed by atoms with Gasteiger partial charge in [-0.2, -0.15) is 0 Å². The Morgan fingerprint density at radius 1 is 0.444 bits per heavy atom. The van der Waals surface area contributed by atoms with E-state index in [0.717, 1.165) is 0 Å². The van der Waals surface area contributed by atoms with Crippen LogP contribution in [0.25, 0.3) is 10.8 Å². The van der Waals surface area contributed by atoms with Crippen LogP contribution in [0.15, 0.2) is 0 Å². The quantitative estimate of drug-likeness (QED) is 0.346. The number of nitrogens with two attached hydrogens (primary N) is 2. The highest BCUT2D eigenvalue weighted by Gasteiger charge is 2.23. The van der Waals surface area contributed by atoms with Gasteiger partial charge in [0.15, 0.2) is 0 Å². The molecule has 0 unspecified atom stereocenters. The molecule has 0 saturated carbocycles. The van der Waals surface area contributed by atoms with Gasteiger partial charge in [0.25, 0.3) is 0 Å². The summed E-state index contributed by atoms with van der Waals surface area (Å²) >= 11 is 36.2. The van der Waals surface area contributed by atoms with Gasteiger partial charge in [-0.3, -0.25) is 0 Å². The third-order valence-electron chi connectivity index (χ3n) is 2.47. The monoisotopic (exact) mass is 362 g/mol. The van der Waals surface area contributed by atoms with E-state index in [4.69, 9.17) is 81.1 Å². The van der Waals surface area contributed by atoms with Gasteiger partial charge >= 0.3 is 0 Å². The number of hydrogen-bond acceptors (Lipinski definition) is 2. The van der Waals surface area contributed by atoms with Gasteiger partial charge in [-0.05, 0) is 0 Å². The van der Waals surface area contributed by atoms with E-state index in [1.165, 1.54) is 0 Å². The summed E-state index contributed by atoms with van der Waals surface area (Å²) in [6.07, 6.45) is 0. The molecule has 2 aromatic carbocycles. The van der Waals surface area contributed by atoms with Gasteiger partial charge in [0.2, 0.25) is 0 Å². The minimum Gasteiger partial charge on any atom is -0.397 e. The topological polar surface area (TPSA) is 52.0 Å². The summed E-state index contributed by atoms with van der Waals surface area (Å²) in [5, 5.41) is 1.32. The lowest BCUT2D eigenvalue weighted by atomic mass is 10.1. The first-order valence-electron chi connectivity index (χ1n) is 4.46. The van der Waals surface area contributed by atoms with Crippen LogP contribution in [-0.2, 0) is 0 Å². The van der Waals surface area contributed by atoms with E-state index in [1.807, 2.05) is 0 Å². The molecular weight excluding hydrogens is 361 g/mol. The van der Waals surface area contributed by atoms with Gasteiger partial charge in [-0.25, -0.2) is 0 Å². The Labute approximate surface area is 133 Å². The van der Waals surface area contributed by atoms with Crippen LogP contribution >= 0.6 is 69.6 Å². The first kappa shape index (κ1) is 14.4. The fourth-order valence-electron chi connectivity index (χ4n) is 1.58. The van der Waals surface area contributed by atoms with E-state index in [0.29, 0.717) is 10.8 Å². The molecule has 0 saturated heterocycles. The second kappa shape index (κ2) is 4.86. The maximum Gasteiger partial charge on any atom is 0.0887 e. The summed E-state index contributed by atoms with van der Waals surface area (Å²) in [7, 11) is 0. The molecule has 2 nitrogen and oxygen atoms in total. The van der Waals surface area contributed by atoms with Crippen LogP contribution in [-0.4, -0.2) is 0 Å². The zero-order valence-electron chi connectivity index (χ0n) is 8.42. The smallest absolute Gasteiger partial charge is 0.0887 e. The highest BCUT2D eigenvalue weighted by molar-refractivity contribution is 6.58. The molecule has 96 valence electrons. The van der Waals surface area contributed by atoms with Crippen molar-refractivity contribution in [3.8, 4) is 0 Å². The van der Waals surface area contributed by atoms with Crippen molar-refractivity contribution >= 4 is 91.8 Å². The molecule has 0 aromatic heterocycles. The van der Waals surface area contributed by atoms with E-state index in [9.17, 15) is 0 Å². The first-order valence-corrected chi connectivity index (χ1v) is 6.73. The largest absolute Gasteiger partial charge is 0.397 e. The van der Waals surface area contributed by atoms with Crippen molar-refractivity contribution in [2.24, 2.45) is 0 Å². The van der Waals surface area contributed by atoms with E-state index >= 15 is 0 Å². The van der Waals surface area contributed by atoms with Crippen molar-refractivity contribution in [2.75, 3.05) is 11.5 Å². The van der Waals surface area contributed by atoms with Crippen LogP contribution < -0.4 is 11.5 Å². The first-order chi connectivity index (χ1) is 8.29. The van der Waals surface area contributed by atoms with Gasteiger partial charge in [-0.1, -0.05) is 69.6 Å². The average molecular weight is 365 g/mol. The van der Waals surface area contributed by atoms with Crippen LogP contribution in [0.2, 0.25) is 30.1 Å². The molecule has 0 amide bonds. The molecule has 0 aliphatic heterocycles. The predicted molar refractivity (Wildman–Crippen MR) is 82.8 cm³/mol. The van der Waals surface area contributed by atoms with Gasteiger partial charge in [-0.15, -0.1) is 0 Å². The van der Waals surface area contributed by atoms with Gasteiger partial charge in [0, 0.05) is 10.8 Å². The molecule has 8 heteroatoms. The maximum absolute atomic E-state index is 6.10. The normalized spacial score (nSPS) is 11.2. The van der Waals surface area contributed by atoms with Crippen LogP contribution in [0.1, 0.15) is 0 Å².